The minimum Gasteiger partial charge on any atom is -0.281 e. The Hall–Kier alpha value is -0.0400. The van der Waals surface area contributed by atoms with Gasteiger partial charge >= 0.3 is 0 Å². The first-order chi connectivity index (χ1) is 6.02. The van der Waals surface area contributed by atoms with E-state index >= 15 is 0 Å². The van der Waals surface area contributed by atoms with Gasteiger partial charge in [-0.3, -0.25) is 4.79 Å². The molecule has 0 aromatic heterocycles. The summed E-state index contributed by atoms with van der Waals surface area (Å²) < 4.78 is 0. The van der Waals surface area contributed by atoms with Crippen LogP contribution in [0.25, 0.3) is 0 Å². The van der Waals surface area contributed by atoms with Gasteiger partial charge in [-0.05, 0) is 42.2 Å². The lowest BCUT2D eigenvalue weighted by molar-refractivity contribution is -0.119. The second kappa shape index (κ2) is 4.45. The van der Waals surface area contributed by atoms with Crippen LogP contribution in [0.4, 0.5) is 0 Å². The highest BCUT2D eigenvalue weighted by Crippen LogP contribution is 2.38. The zero-order valence-corrected chi connectivity index (χ0v) is 9.47. The fourth-order valence-electron chi connectivity index (χ4n) is 2.46. The van der Waals surface area contributed by atoms with Crippen molar-refractivity contribution in [2.75, 3.05) is 0 Å². The molecule has 1 fully saturated rings. The third-order valence-electron chi connectivity index (χ3n) is 3.31. The summed E-state index contributed by atoms with van der Waals surface area (Å²) in [5.74, 6) is 1.88. The molecule has 0 saturated heterocycles. The van der Waals surface area contributed by atoms with Gasteiger partial charge in [0.15, 0.2) is 0 Å². The summed E-state index contributed by atoms with van der Waals surface area (Å²) in [5, 5.41) is -0.120. The van der Waals surface area contributed by atoms with Crippen LogP contribution >= 0.6 is 11.6 Å². The van der Waals surface area contributed by atoms with Crippen molar-refractivity contribution in [2.24, 2.45) is 23.7 Å². The fraction of sp³-hybridized carbons (Fsp3) is 0.909. The van der Waals surface area contributed by atoms with E-state index in [2.05, 4.69) is 20.8 Å². The molecule has 2 heteroatoms. The summed E-state index contributed by atoms with van der Waals surface area (Å²) in [6.45, 7) is 6.59. The Kier molecular flexibility index (Phi) is 3.78. The lowest BCUT2D eigenvalue weighted by atomic mass is 9.71. The maximum absolute atomic E-state index is 11.2. The minimum absolute atomic E-state index is 0.116. The van der Waals surface area contributed by atoms with Gasteiger partial charge in [-0.15, -0.1) is 0 Å². The summed E-state index contributed by atoms with van der Waals surface area (Å²) in [6, 6.07) is 0. The number of carbonyl (C=O) groups is 1. The van der Waals surface area contributed by atoms with Gasteiger partial charge in [-0.25, -0.2) is 0 Å². The Labute approximate surface area is 85.8 Å². The molecule has 0 aliphatic heterocycles. The van der Waals surface area contributed by atoms with Crippen LogP contribution in [0.15, 0.2) is 0 Å². The fourth-order valence-corrected chi connectivity index (χ4v) is 2.71. The Bertz CT molecular complexity index is 189. The van der Waals surface area contributed by atoms with Crippen molar-refractivity contribution in [3.05, 3.63) is 0 Å². The average molecular weight is 203 g/mol. The summed E-state index contributed by atoms with van der Waals surface area (Å²) in [5.41, 5.74) is 0. The molecular formula is C11H19ClO. The molecule has 0 heterocycles. The van der Waals surface area contributed by atoms with E-state index < -0.39 is 0 Å². The number of carbonyl (C=O) groups excluding carboxylic acids is 1. The smallest absolute Gasteiger partial charge is 0.225 e. The molecule has 0 unspecified atom stereocenters. The first kappa shape index (κ1) is 11.0. The van der Waals surface area contributed by atoms with Crippen LogP contribution in [0, 0.1) is 23.7 Å². The second-order valence-electron chi connectivity index (χ2n) is 4.74. The van der Waals surface area contributed by atoms with E-state index in [4.69, 9.17) is 11.6 Å². The van der Waals surface area contributed by atoms with Crippen molar-refractivity contribution >= 4 is 16.8 Å². The standard InChI is InChI=1S/C11H19ClO/c1-7(2)9-5-4-8(3)6-10(9)11(12)13/h7-10H,4-6H2,1-3H3/t8-,9+,10-/m0/s1. The van der Waals surface area contributed by atoms with Gasteiger partial charge < -0.3 is 0 Å². The van der Waals surface area contributed by atoms with Crippen molar-refractivity contribution < 1.29 is 4.79 Å². The molecule has 0 amide bonds. The number of halogens is 1. The van der Waals surface area contributed by atoms with Gasteiger partial charge in [0.05, 0.1) is 0 Å². The van der Waals surface area contributed by atoms with Gasteiger partial charge in [0.25, 0.3) is 0 Å². The quantitative estimate of drug-likeness (QED) is 0.627. The Balaban J connectivity index is 2.66. The average Bonchev–Trinajstić information content (AvgIpc) is 2.03. The van der Waals surface area contributed by atoms with Crippen LogP contribution in [-0.4, -0.2) is 5.24 Å². The van der Waals surface area contributed by atoms with Crippen LogP contribution < -0.4 is 0 Å². The lowest BCUT2D eigenvalue weighted by Crippen LogP contribution is -2.31. The van der Waals surface area contributed by atoms with Crippen molar-refractivity contribution in [1.82, 2.24) is 0 Å². The molecular weight excluding hydrogens is 184 g/mol. The van der Waals surface area contributed by atoms with Gasteiger partial charge in [0.1, 0.15) is 0 Å². The molecule has 13 heavy (non-hydrogen) atoms. The van der Waals surface area contributed by atoms with Gasteiger partial charge in [0.2, 0.25) is 5.24 Å². The highest BCUT2D eigenvalue weighted by atomic mass is 35.5. The summed E-state index contributed by atoms with van der Waals surface area (Å²) in [7, 11) is 0. The van der Waals surface area contributed by atoms with Crippen molar-refractivity contribution in [3.8, 4) is 0 Å². The number of hydrogen-bond acceptors (Lipinski definition) is 1. The molecule has 0 radical (unpaired) electrons. The molecule has 0 N–H and O–H groups in total. The van der Waals surface area contributed by atoms with E-state index in [0.717, 1.165) is 6.42 Å². The van der Waals surface area contributed by atoms with Crippen LogP contribution in [0.3, 0.4) is 0 Å². The zero-order chi connectivity index (χ0) is 10.0. The highest BCUT2D eigenvalue weighted by Gasteiger charge is 2.34. The van der Waals surface area contributed by atoms with E-state index in [1.54, 1.807) is 0 Å². The van der Waals surface area contributed by atoms with E-state index in [9.17, 15) is 4.79 Å². The van der Waals surface area contributed by atoms with E-state index in [1.807, 2.05) is 0 Å². The topological polar surface area (TPSA) is 17.1 Å². The molecule has 1 nitrogen and oxygen atoms in total. The first-order valence-electron chi connectivity index (χ1n) is 5.21. The van der Waals surface area contributed by atoms with Gasteiger partial charge in [-0.2, -0.15) is 0 Å². The van der Waals surface area contributed by atoms with Crippen molar-refractivity contribution in [3.63, 3.8) is 0 Å². The zero-order valence-electron chi connectivity index (χ0n) is 8.72. The summed E-state index contributed by atoms with van der Waals surface area (Å²) >= 11 is 5.62. The molecule has 1 rings (SSSR count). The minimum atomic E-state index is -0.120. The molecule has 76 valence electrons. The van der Waals surface area contributed by atoms with E-state index in [1.165, 1.54) is 12.8 Å². The molecule has 0 aromatic rings. The van der Waals surface area contributed by atoms with Crippen LogP contribution in [-0.2, 0) is 4.79 Å². The van der Waals surface area contributed by atoms with Gasteiger partial charge in [-0.1, -0.05) is 27.2 Å². The molecule has 1 aliphatic rings. The monoisotopic (exact) mass is 202 g/mol. The van der Waals surface area contributed by atoms with Crippen LogP contribution in [0.5, 0.6) is 0 Å². The summed E-state index contributed by atoms with van der Waals surface area (Å²) in [4.78, 5) is 11.2. The van der Waals surface area contributed by atoms with Crippen LogP contribution in [0.1, 0.15) is 40.0 Å². The molecule has 0 aromatic carbocycles. The van der Waals surface area contributed by atoms with E-state index in [-0.39, 0.29) is 11.2 Å². The second-order valence-corrected chi connectivity index (χ2v) is 5.11. The highest BCUT2D eigenvalue weighted by molar-refractivity contribution is 6.64. The molecule has 1 saturated carbocycles. The SMILES string of the molecule is CC(C)[C@H]1CC[C@H](C)C[C@@H]1C(=O)Cl. The molecule has 0 spiro atoms. The van der Waals surface area contributed by atoms with Crippen molar-refractivity contribution in [1.29, 1.82) is 0 Å². The summed E-state index contributed by atoms with van der Waals surface area (Å²) in [6.07, 6.45) is 3.41. The van der Waals surface area contributed by atoms with Crippen LogP contribution in [0.2, 0.25) is 0 Å². The first-order valence-corrected chi connectivity index (χ1v) is 5.59. The third-order valence-corrected chi connectivity index (χ3v) is 3.59. The molecule has 1 aliphatic carbocycles. The van der Waals surface area contributed by atoms with Crippen molar-refractivity contribution in [2.45, 2.75) is 40.0 Å². The predicted octanol–water partition coefficient (Wildman–Crippen LogP) is 3.46. The largest absolute Gasteiger partial charge is 0.281 e. The predicted molar refractivity (Wildman–Crippen MR) is 55.7 cm³/mol. The number of rotatable bonds is 2. The normalized spacial score (nSPS) is 35.0. The molecule has 3 atom stereocenters. The number of hydrogen-bond donors (Lipinski definition) is 0. The lowest BCUT2D eigenvalue weighted by Gasteiger charge is -2.35. The maximum Gasteiger partial charge on any atom is 0.225 e. The van der Waals surface area contributed by atoms with E-state index in [0.29, 0.717) is 17.8 Å². The Morgan fingerprint density at radius 3 is 2.46 bits per heavy atom. The van der Waals surface area contributed by atoms with Gasteiger partial charge in [0, 0.05) is 5.92 Å². The Morgan fingerprint density at radius 2 is 2.00 bits per heavy atom. The molecule has 0 bridgehead atoms. The Morgan fingerprint density at radius 1 is 1.38 bits per heavy atom. The third kappa shape index (κ3) is 2.70. The maximum atomic E-state index is 11.2.